The number of rotatable bonds is 4. The molecule has 1 aliphatic rings. The topological polar surface area (TPSA) is 95.2 Å². The molecule has 0 bridgehead atoms. The Morgan fingerprint density at radius 2 is 2.00 bits per heavy atom. The zero-order chi connectivity index (χ0) is 18.9. The van der Waals surface area contributed by atoms with Gasteiger partial charge in [-0.1, -0.05) is 15.9 Å². The lowest BCUT2D eigenvalue weighted by Crippen LogP contribution is -2.43. The van der Waals surface area contributed by atoms with Crippen LogP contribution in [-0.2, 0) is 14.8 Å². The highest BCUT2D eigenvalue weighted by atomic mass is 79.9. The third kappa shape index (κ3) is 3.84. The molecule has 0 unspecified atom stereocenters. The number of aryl methyl sites for hydroxylation is 2. The molecule has 1 saturated heterocycles. The van der Waals surface area contributed by atoms with E-state index in [0.29, 0.717) is 36.5 Å². The van der Waals surface area contributed by atoms with Crippen molar-refractivity contribution >= 4 is 37.5 Å². The second-order valence-electron chi connectivity index (χ2n) is 6.46. The summed E-state index contributed by atoms with van der Waals surface area (Å²) in [5, 5.41) is 9.56. The van der Waals surface area contributed by atoms with Gasteiger partial charge in [0.2, 0.25) is 15.9 Å². The van der Waals surface area contributed by atoms with E-state index in [0.717, 1.165) is 4.47 Å². The fraction of sp³-hybridized carbons (Fsp3) is 0.412. The van der Waals surface area contributed by atoms with Crippen molar-refractivity contribution in [3.05, 3.63) is 40.1 Å². The van der Waals surface area contributed by atoms with E-state index in [9.17, 15) is 13.2 Å². The molecule has 1 amide bonds. The highest BCUT2D eigenvalue weighted by Gasteiger charge is 2.35. The molecule has 26 heavy (non-hydrogen) atoms. The molecule has 7 nitrogen and oxygen atoms in total. The maximum absolute atomic E-state index is 13.0. The largest absolute Gasteiger partial charge is 0.326 e. The van der Waals surface area contributed by atoms with E-state index in [1.807, 2.05) is 12.1 Å². The third-order valence-electron chi connectivity index (χ3n) is 4.53. The molecular weight excluding hydrogens is 420 g/mol. The van der Waals surface area contributed by atoms with E-state index in [4.69, 9.17) is 0 Å². The minimum Gasteiger partial charge on any atom is -0.326 e. The van der Waals surface area contributed by atoms with Crippen LogP contribution in [0.1, 0.15) is 24.2 Å². The van der Waals surface area contributed by atoms with Crippen molar-refractivity contribution in [2.24, 2.45) is 5.92 Å². The van der Waals surface area contributed by atoms with Crippen LogP contribution in [0.25, 0.3) is 0 Å². The summed E-state index contributed by atoms with van der Waals surface area (Å²) in [6.07, 6.45) is 1.31. The summed E-state index contributed by atoms with van der Waals surface area (Å²) in [6, 6.07) is 7.30. The molecule has 2 aromatic rings. The number of aromatic amines is 1. The number of H-pyrrole nitrogens is 1. The van der Waals surface area contributed by atoms with Crippen LogP contribution < -0.4 is 5.32 Å². The Balaban J connectivity index is 1.74. The number of nitrogens with one attached hydrogen (secondary N) is 2. The Labute approximate surface area is 161 Å². The molecule has 1 aliphatic heterocycles. The number of aromatic nitrogens is 2. The highest BCUT2D eigenvalue weighted by molar-refractivity contribution is 9.10. The minimum absolute atomic E-state index is 0.159. The van der Waals surface area contributed by atoms with Crippen LogP contribution >= 0.6 is 15.9 Å². The lowest BCUT2D eigenvalue weighted by Gasteiger charge is -2.31. The van der Waals surface area contributed by atoms with Gasteiger partial charge in [-0.25, -0.2) is 8.42 Å². The first kappa shape index (κ1) is 19.1. The molecule has 2 heterocycles. The molecular formula is C17H21BrN4O3S. The molecule has 1 atom stereocenters. The van der Waals surface area contributed by atoms with E-state index in [-0.39, 0.29) is 23.3 Å². The summed E-state index contributed by atoms with van der Waals surface area (Å²) >= 11 is 3.35. The van der Waals surface area contributed by atoms with Gasteiger partial charge in [0.15, 0.2) is 0 Å². The number of sulfonamides is 1. The standard InChI is InChI=1S/C17H21BrN4O3S/c1-11-16(12(2)21-20-11)26(24,25)22-9-3-4-13(10-22)17(23)19-15-7-5-14(18)6-8-15/h5-8,13H,3-4,9-10H2,1-2H3,(H,19,23)(H,20,21)/t13-/m1/s1. The van der Waals surface area contributed by atoms with Gasteiger partial charge in [-0.15, -0.1) is 0 Å². The molecule has 0 spiro atoms. The molecule has 0 aliphatic carbocycles. The lowest BCUT2D eigenvalue weighted by atomic mass is 9.99. The Morgan fingerprint density at radius 3 is 2.62 bits per heavy atom. The number of hydrogen-bond acceptors (Lipinski definition) is 4. The SMILES string of the molecule is Cc1n[nH]c(C)c1S(=O)(=O)N1CCC[C@@H](C(=O)Nc2ccc(Br)cc2)C1. The van der Waals surface area contributed by atoms with Crippen LogP contribution in [0.2, 0.25) is 0 Å². The molecule has 9 heteroatoms. The highest BCUT2D eigenvalue weighted by Crippen LogP contribution is 2.27. The van der Waals surface area contributed by atoms with Crippen molar-refractivity contribution in [3.63, 3.8) is 0 Å². The Bertz CT molecular complexity index is 889. The summed E-state index contributed by atoms with van der Waals surface area (Å²) in [6.45, 7) is 3.94. The predicted octanol–water partition coefficient (Wildman–Crippen LogP) is 2.83. The first-order valence-corrected chi connectivity index (χ1v) is 10.6. The average molecular weight is 441 g/mol. The van der Waals surface area contributed by atoms with Gasteiger partial charge < -0.3 is 5.32 Å². The van der Waals surface area contributed by atoms with Crippen molar-refractivity contribution in [1.29, 1.82) is 0 Å². The normalized spacial score (nSPS) is 18.7. The summed E-state index contributed by atoms with van der Waals surface area (Å²) in [4.78, 5) is 12.8. The maximum atomic E-state index is 13.0. The minimum atomic E-state index is -3.67. The fourth-order valence-corrected chi connectivity index (χ4v) is 5.32. The summed E-state index contributed by atoms with van der Waals surface area (Å²) < 4.78 is 28.3. The quantitative estimate of drug-likeness (QED) is 0.763. The number of benzene rings is 1. The molecule has 1 aromatic heterocycles. The van der Waals surface area contributed by atoms with Gasteiger partial charge in [0.25, 0.3) is 0 Å². The Morgan fingerprint density at radius 1 is 1.31 bits per heavy atom. The monoisotopic (exact) mass is 440 g/mol. The van der Waals surface area contributed by atoms with Gasteiger partial charge in [-0.2, -0.15) is 9.40 Å². The van der Waals surface area contributed by atoms with Crippen LogP contribution in [-0.4, -0.2) is 41.9 Å². The van der Waals surface area contributed by atoms with Gasteiger partial charge in [-0.05, 0) is 51.0 Å². The van der Waals surface area contributed by atoms with Crippen molar-refractivity contribution in [2.75, 3.05) is 18.4 Å². The van der Waals surface area contributed by atoms with Gasteiger partial charge in [0.1, 0.15) is 4.90 Å². The maximum Gasteiger partial charge on any atom is 0.246 e. The molecule has 140 valence electrons. The van der Waals surface area contributed by atoms with E-state index in [2.05, 4.69) is 31.4 Å². The Kier molecular flexibility index (Phi) is 5.50. The molecule has 1 fully saturated rings. The van der Waals surface area contributed by atoms with Gasteiger partial charge in [-0.3, -0.25) is 9.89 Å². The number of nitrogens with zero attached hydrogens (tertiary/aromatic N) is 2. The van der Waals surface area contributed by atoms with Gasteiger partial charge in [0, 0.05) is 23.2 Å². The van der Waals surface area contributed by atoms with Crippen LogP contribution in [0, 0.1) is 19.8 Å². The van der Waals surface area contributed by atoms with Crippen LogP contribution in [0.5, 0.6) is 0 Å². The predicted molar refractivity (Wildman–Crippen MR) is 102 cm³/mol. The summed E-state index contributed by atoms with van der Waals surface area (Å²) in [7, 11) is -3.67. The van der Waals surface area contributed by atoms with Crippen LogP contribution in [0.3, 0.4) is 0 Å². The molecule has 2 N–H and O–H groups in total. The zero-order valence-corrected chi connectivity index (χ0v) is 17.0. The number of carbonyl (C=O) groups excluding carboxylic acids is 1. The first-order valence-electron chi connectivity index (χ1n) is 8.37. The number of amides is 1. The smallest absolute Gasteiger partial charge is 0.246 e. The van der Waals surface area contributed by atoms with Gasteiger partial charge >= 0.3 is 0 Å². The first-order chi connectivity index (χ1) is 12.3. The second kappa shape index (κ2) is 7.50. The molecule has 0 saturated carbocycles. The Hall–Kier alpha value is -1.71. The second-order valence-corrected chi connectivity index (χ2v) is 9.25. The summed E-state index contributed by atoms with van der Waals surface area (Å²) in [5.41, 5.74) is 1.66. The fourth-order valence-electron chi connectivity index (χ4n) is 3.20. The number of halogens is 1. The average Bonchev–Trinajstić information content (AvgIpc) is 2.96. The number of hydrogen-bond donors (Lipinski definition) is 2. The molecule has 3 rings (SSSR count). The van der Waals surface area contributed by atoms with Crippen LogP contribution in [0.4, 0.5) is 5.69 Å². The molecule has 0 radical (unpaired) electrons. The van der Waals surface area contributed by atoms with E-state index in [1.54, 1.807) is 26.0 Å². The van der Waals surface area contributed by atoms with Crippen LogP contribution in [0.15, 0.2) is 33.6 Å². The summed E-state index contributed by atoms with van der Waals surface area (Å²) in [5.74, 6) is -0.539. The number of piperidine rings is 1. The van der Waals surface area contributed by atoms with E-state index in [1.165, 1.54) is 4.31 Å². The van der Waals surface area contributed by atoms with Crippen molar-refractivity contribution in [3.8, 4) is 0 Å². The van der Waals surface area contributed by atoms with E-state index >= 15 is 0 Å². The van der Waals surface area contributed by atoms with Crippen molar-refractivity contribution in [2.45, 2.75) is 31.6 Å². The lowest BCUT2D eigenvalue weighted by molar-refractivity contribution is -0.120. The van der Waals surface area contributed by atoms with Gasteiger partial charge in [0.05, 0.1) is 17.3 Å². The van der Waals surface area contributed by atoms with Crippen molar-refractivity contribution < 1.29 is 13.2 Å². The number of carbonyl (C=O) groups is 1. The van der Waals surface area contributed by atoms with E-state index < -0.39 is 10.0 Å². The third-order valence-corrected chi connectivity index (χ3v) is 7.18. The molecule has 1 aromatic carbocycles. The zero-order valence-electron chi connectivity index (χ0n) is 14.6. The van der Waals surface area contributed by atoms with Crippen molar-refractivity contribution in [1.82, 2.24) is 14.5 Å². The number of anilines is 1.